The van der Waals surface area contributed by atoms with E-state index in [4.69, 9.17) is 19.9 Å². The van der Waals surface area contributed by atoms with Gasteiger partial charge in [0.05, 0.1) is 13.7 Å². The average Bonchev–Trinajstić information content (AvgIpc) is 2.58. The molecule has 0 spiro atoms. The minimum atomic E-state index is -3.06. The Hall–Kier alpha value is -1.82. The Morgan fingerprint density at radius 3 is 2.23 bits per heavy atom. The molecule has 0 bridgehead atoms. The van der Waals surface area contributed by atoms with Gasteiger partial charge >= 0.3 is 23.7 Å². The Labute approximate surface area is 149 Å². The van der Waals surface area contributed by atoms with Crippen LogP contribution in [0.4, 0.5) is 4.39 Å². The van der Waals surface area contributed by atoms with Crippen LogP contribution >= 0.6 is 0 Å². The van der Waals surface area contributed by atoms with Crippen molar-refractivity contribution in [2.45, 2.75) is 57.1 Å². The van der Waals surface area contributed by atoms with Crippen LogP contribution in [0.5, 0.6) is 0 Å². The maximum atomic E-state index is 14.5. The molecule has 0 aromatic rings. The van der Waals surface area contributed by atoms with Crippen molar-refractivity contribution in [3.05, 3.63) is 0 Å². The van der Waals surface area contributed by atoms with Gasteiger partial charge in [0.25, 0.3) is 0 Å². The lowest BCUT2D eigenvalue weighted by molar-refractivity contribution is -0.313. The van der Waals surface area contributed by atoms with E-state index in [9.17, 15) is 29.0 Å². The Morgan fingerprint density at radius 2 is 1.81 bits per heavy atom. The second-order valence-corrected chi connectivity index (χ2v) is 6.01. The number of esters is 3. The molecule has 0 saturated carbocycles. The van der Waals surface area contributed by atoms with Gasteiger partial charge in [0.2, 0.25) is 0 Å². The standard InChI is InChI=1S/C15H24FNO9/c1-6-10(17)13(16)15(22,14(21)23-4)26-11(6)12(25-8(3)20)9(5-18)24-7(2)19/h6,9-13,18,22H,5,17H2,1-4H3/t6?,9-,10?,11?,12-,13?,15?/m1/s1. The van der Waals surface area contributed by atoms with Gasteiger partial charge in [-0.25, -0.2) is 9.18 Å². The number of aliphatic hydroxyl groups is 2. The summed E-state index contributed by atoms with van der Waals surface area (Å²) in [5, 5.41) is 19.8. The monoisotopic (exact) mass is 381 g/mol. The molecule has 10 nitrogen and oxygen atoms in total. The first-order valence-electron chi connectivity index (χ1n) is 7.83. The van der Waals surface area contributed by atoms with Gasteiger partial charge in [0.1, 0.15) is 6.10 Å². The second kappa shape index (κ2) is 8.71. The van der Waals surface area contributed by atoms with Gasteiger partial charge < -0.3 is 34.9 Å². The lowest BCUT2D eigenvalue weighted by atomic mass is 9.82. The number of nitrogens with two attached hydrogens (primary N) is 1. The summed E-state index contributed by atoms with van der Waals surface area (Å²) < 4.78 is 34.0. The fourth-order valence-electron chi connectivity index (χ4n) is 2.77. The molecule has 4 N–H and O–H groups in total. The number of methoxy groups -OCH3 is 1. The molecule has 0 amide bonds. The van der Waals surface area contributed by atoms with Crippen molar-refractivity contribution in [3.63, 3.8) is 0 Å². The highest BCUT2D eigenvalue weighted by Crippen LogP contribution is 2.36. The maximum Gasteiger partial charge on any atom is 0.369 e. The predicted octanol–water partition coefficient (Wildman–Crippen LogP) is -1.60. The van der Waals surface area contributed by atoms with Crippen LogP contribution in [0, 0.1) is 5.92 Å². The molecule has 1 rings (SSSR count). The van der Waals surface area contributed by atoms with Crippen molar-refractivity contribution in [1.82, 2.24) is 0 Å². The minimum Gasteiger partial charge on any atom is -0.465 e. The van der Waals surface area contributed by atoms with Gasteiger partial charge in [-0.3, -0.25) is 9.59 Å². The molecular weight excluding hydrogens is 357 g/mol. The van der Waals surface area contributed by atoms with E-state index >= 15 is 0 Å². The zero-order valence-corrected chi connectivity index (χ0v) is 14.9. The Morgan fingerprint density at radius 1 is 1.27 bits per heavy atom. The molecule has 1 aliphatic heterocycles. The average molecular weight is 381 g/mol. The summed E-state index contributed by atoms with van der Waals surface area (Å²) in [5.41, 5.74) is 5.76. The first kappa shape index (κ1) is 22.2. The van der Waals surface area contributed by atoms with E-state index in [-0.39, 0.29) is 0 Å². The van der Waals surface area contributed by atoms with Crippen LogP contribution in [0.15, 0.2) is 0 Å². The van der Waals surface area contributed by atoms with E-state index in [0.717, 1.165) is 21.0 Å². The van der Waals surface area contributed by atoms with Crippen molar-refractivity contribution in [2.24, 2.45) is 11.7 Å². The fourth-order valence-corrected chi connectivity index (χ4v) is 2.77. The molecule has 11 heteroatoms. The van der Waals surface area contributed by atoms with Gasteiger partial charge in [0.15, 0.2) is 18.4 Å². The van der Waals surface area contributed by atoms with Crippen LogP contribution in [0.3, 0.4) is 0 Å². The smallest absolute Gasteiger partial charge is 0.369 e. The summed E-state index contributed by atoms with van der Waals surface area (Å²) in [5.74, 6) is -7.01. The Balaban J connectivity index is 3.30. The van der Waals surface area contributed by atoms with Crippen LogP contribution < -0.4 is 5.73 Å². The van der Waals surface area contributed by atoms with Crippen molar-refractivity contribution in [2.75, 3.05) is 13.7 Å². The zero-order valence-electron chi connectivity index (χ0n) is 14.9. The van der Waals surface area contributed by atoms with Crippen molar-refractivity contribution in [1.29, 1.82) is 0 Å². The van der Waals surface area contributed by atoms with Gasteiger partial charge in [-0.05, 0) is 0 Å². The summed E-state index contributed by atoms with van der Waals surface area (Å²) in [6.45, 7) is 2.77. The van der Waals surface area contributed by atoms with E-state index in [1.54, 1.807) is 0 Å². The minimum absolute atomic E-state index is 0.769. The van der Waals surface area contributed by atoms with E-state index in [1.807, 2.05) is 0 Å². The number of hydrogen-bond donors (Lipinski definition) is 3. The summed E-state index contributed by atoms with van der Waals surface area (Å²) in [6, 6.07) is -1.41. The van der Waals surface area contributed by atoms with Crippen LogP contribution in [0.25, 0.3) is 0 Å². The SMILES string of the molecule is COC(=O)C1(O)OC([C@H](OC(C)=O)[C@@H](CO)OC(C)=O)C(C)C(N)C1F. The molecule has 0 radical (unpaired) electrons. The van der Waals surface area contributed by atoms with Crippen LogP contribution in [0.2, 0.25) is 0 Å². The zero-order chi connectivity index (χ0) is 20.2. The molecule has 26 heavy (non-hydrogen) atoms. The third kappa shape index (κ3) is 4.47. The Bertz CT molecular complexity index is 545. The molecule has 1 fully saturated rings. The lowest BCUT2D eigenvalue weighted by Crippen LogP contribution is -2.69. The highest BCUT2D eigenvalue weighted by atomic mass is 19.1. The molecule has 150 valence electrons. The topological polar surface area (TPSA) is 155 Å². The predicted molar refractivity (Wildman–Crippen MR) is 82.1 cm³/mol. The number of halogens is 1. The van der Waals surface area contributed by atoms with Crippen LogP contribution in [0.1, 0.15) is 20.8 Å². The molecule has 0 aromatic heterocycles. The van der Waals surface area contributed by atoms with E-state index in [2.05, 4.69) is 4.74 Å². The van der Waals surface area contributed by atoms with Gasteiger partial charge in [0, 0.05) is 25.8 Å². The fraction of sp³-hybridized carbons (Fsp3) is 0.800. The summed E-state index contributed by atoms with van der Waals surface area (Å²) in [6.07, 6.45) is -6.58. The van der Waals surface area contributed by atoms with E-state index < -0.39 is 66.7 Å². The molecule has 0 aliphatic carbocycles. The van der Waals surface area contributed by atoms with Crippen molar-refractivity contribution >= 4 is 17.9 Å². The van der Waals surface area contributed by atoms with Gasteiger partial charge in [-0.2, -0.15) is 0 Å². The third-order valence-corrected chi connectivity index (χ3v) is 4.12. The van der Waals surface area contributed by atoms with Gasteiger partial charge in [-0.15, -0.1) is 0 Å². The first-order chi connectivity index (χ1) is 12.0. The molecule has 5 unspecified atom stereocenters. The Kier molecular flexibility index (Phi) is 7.45. The van der Waals surface area contributed by atoms with Crippen molar-refractivity contribution < 1.29 is 47.9 Å². The van der Waals surface area contributed by atoms with E-state index in [0.29, 0.717) is 0 Å². The maximum absolute atomic E-state index is 14.5. The number of aliphatic hydroxyl groups excluding tert-OH is 1. The number of rotatable bonds is 6. The molecule has 1 saturated heterocycles. The largest absolute Gasteiger partial charge is 0.465 e. The highest BCUT2D eigenvalue weighted by molar-refractivity contribution is 5.78. The quantitative estimate of drug-likeness (QED) is 0.362. The lowest BCUT2D eigenvalue weighted by Gasteiger charge is -2.47. The summed E-state index contributed by atoms with van der Waals surface area (Å²) >= 11 is 0. The number of alkyl halides is 1. The molecule has 1 heterocycles. The molecule has 1 aliphatic rings. The number of hydrogen-bond acceptors (Lipinski definition) is 10. The first-order valence-corrected chi connectivity index (χ1v) is 7.83. The van der Waals surface area contributed by atoms with E-state index in [1.165, 1.54) is 6.92 Å². The highest BCUT2D eigenvalue weighted by Gasteiger charge is 2.60. The van der Waals surface area contributed by atoms with Gasteiger partial charge in [-0.1, -0.05) is 6.92 Å². The molecule has 7 atom stereocenters. The van der Waals surface area contributed by atoms with Crippen LogP contribution in [-0.4, -0.2) is 78.2 Å². The normalized spacial score (nSPS) is 33.7. The summed E-state index contributed by atoms with van der Waals surface area (Å²) in [4.78, 5) is 34.5. The second-order valence-electron chi connectivity index (χ2n) is 6.01. The number of carbonyl (C=O) groups is 3. The summed E-state index contributed by atoms with van der Waals surface area (Å²) in [7, 11) is 0.911. The van der Waals surface area contributed by atoms with Crippen molar-refractivity contribution in [3.8, 4) is 0 Å². The number of carbonyl (C=O) groups excluding carboxylic acids is 3. The molecular formula is C15H24FNO9. The number of ether oxygens (including phenoxy) is 4. The van der Waals surface area contributed by atoms with Crippen LogP contribution in [-0.2, 0) is 33.3 Å². The molecule has 0 aromatic carbocycles. The third-order valence-electron chi connectivity index (χ3n) is 4.12.